The summed E-state index contributed by atoms with van der Waals surface area (Å²) in [6, 6.07) is 13.9. The maximum atomic E-state index is 13.0. The van der Waals surface area contributed by atoms with Gasteiger partial charge in [-0.2, -0.15) is 0 Å². The quantitative estimate of drug-likeness (QED) is 0.251. The first-order chi connectivity index (χ1) is 15.5. The van der Waals surface area contributed by atoms with Gasteiger partial charge in [-0.05, 0) is 49.9 Å². The molecule has 166 valence electrons. The Balaban J connectivity index is 1.45. The first kappa shape index (κ1) is 22.4. The van der Waals surface area contributed by atoms with Crippen LogP contribution in [0.3, 0.4) is 0 Å². The van der Waals surface area contributed by atoms with Gasteiger partial charge in [-0.25, -0.2) is 0 Å². The van der Waals surface area contributed by atoms with E-state index in [1.165, 1.54) is 16.6 Å². The largest absolute Gasteiger partial charge is 0.496 e. The Hall–Kier alpha value is -2.84. The predicted octanol–water partition coefficient (Wildman–Crippen LogP) is 5.19. The van der Waals surface area contributed by atoms with Crippen LogP contribution in [0, 0.1) is 13.8 Å². The fourth-order valence-corrected chi connectivity index (χ4v) is 5.31. The number of para-hydroxylation sites is 1. The van der Waals surface area contributed by atoms with E-state index < -0.39 is 0 Å². The number of ketones is 1. The molecule has 0 aliphatic carbocycles. The first-order valence-electron chi connectivity index (χ1n) is 10.4. The summed E-state index contributed by atoms with van der Waals surface area (Å²) >= 11 is 3.18. The third kappa shape index (κ3) is 4.52. The lowest BCUT2D eigenvalue weighted by Gasteiger charge is -2.09. The molecular weight excluding hydrogens is 440 g/mol. The van der Waals surface area contributed by atoms with Gasteiger partial charge < -0.3 is 13.9 Å². The highest BCUT2D eigenvalue weighted by Crippen LogP contribution is 2.30. The van der Waals surface area contributed by atoms with Crippen molar-refractivity contribution < 1.29 is 9.53 Å². The van der Waals surface area contributed by atoms with Gasteiger partial charge in [0.05, 0.1) is 18.4 Å². The maximum Gasteiger partial charge on any atom is 0.191 e. The van der Waals surface area contributed by atoms with E-state index in [-0.39, 0.29) is 5.78 Å². The van der Waals surface area contributed by atoms with E-state index in [2.05, 4.69) is 39.2 Å². The number of rotatable bonds is 9. The lowest BCUT2D eigenvalue weighted by molar-refractivity contribution is 0.102. The van der Waals surface area contributed by atoms with Crippen molar-refractivity contribution in [3.05, 3.63) is 69.7 Å². The molecule has 8 heteroatoms. The van der Waals surface area contributed by atoms with Crippen LogP contribution in [-0.2, 0) is 20.0 Å². The summed E-state index contributed by atoms with van der Waals surface area (Å²) in [6.07, 6.45) is 0.973. The Morgan fingerprint density at radius 3 is 2.72 bits per heavy atom. The molecule has 0 atom stereocenters. The molecular formula is C24H26N4O2S2. The van der Waals surface area contributed by atoms with Crippen LogP contribution in [0.25, 0.3) is 11.4 Å². The standard InChI is InChI=1S/C24H26N4O2S2/c1-16-14-20(17(2)28(16)12-11-18-8-7-13-31-18)21(29)15-32-24-26-25-23(27(24)3)19-9-5-6-10-22(19)30-4/h5-10,13-14H,11-12,15H2,1-4H3. The van der Waals surface area contributed by atoms with Gasteiger partial charge in [0.2, 0.25) is 0 Å². The van der Waals surface area contributed by atoms with Gasteiger partial charge in [0.1, 0.15) is 5.75 Å². The number of Topliss-reactive ketones (excluding diaryl/α,β-unsaturated/α-hetero) is 1. The van der Waals surface area contributed by atoms with E-state index in [4.69, 9.17) is 4.74 Å². The van der Waals surface area contributed by atoms with Crippen LogP contribution in [0.4, 0.5) is 0 Å². The van der Waals surface area contributed by atoms with Crippen molar-refractivity contribution in [3.8, 4) is 17.1 Å². The molecule has 0 N–H and O–H groups in total. The summed E-state index contributed by atoms with van der Waals surface area (Å²) in [4.78, 5) is 14.4. The highest BCUT2D eigenvalue weighted by molar-refractivity contribution is 7.99. The second kappa shape index (κ2) is 9.75. The summed E-state index contributed by atoms with van der Waals surface area (Å²) in [5.41, 5.74) is 3.80. The zero-order valence-electron chi connectivity index (χ0n) is 18.7. The summed E-state index contributed by atoms with van der Waals surface area (Å²) in [7, 11) is 3.55. The van der Waals surface area contributed by atoms with E-state index >= 15 is 0 Å². The molecule has 0 saturated heterocycles. The van der Waals surface area contributed by atoms with Gasteiger partial charge in [-0.3, -0.25) is 4.79 Å². The van der Waals surface area contributed by atoms with E-state index in [1.54, 1.807) is 18.4 Å². The van der Waals surface area contributed by atoms with Crippen molar-refractivity contribution in [1.82, 2.24) is 19.3 Å². The molecule has 32 heavy (non-hydrogen) atoms. The number of ether oxygens (including phenoxy) is 1. The van der Waals surface area contributed by atoms with Crippen LogP contribution in [-0.4, -0.2) is 38.0 Å². The molecule has 3 heterocycles. The maximum absolute atomic E-state index is 13.0. The van der Waals surface area contributed by atoms with E-state index in [0.29, 0.717) is 16.7 Å². The summed E-state index contributed by atoms with van der Waals surface area (Å²) in [6.45, 7) is 4.97. The SMILES string of the molecule is COc1ccccc1-c1nnc(SCC(=O)c2cc(C)n(CCc3cccs3)c2C)n1C. The fraction of sp³-hybridized carbons (Fsp3) is 0.292. The van der Waals surface area contributed by atoms with E-state index in [0.717, 1.165) is 41.2 Å². The number of hydrogen-bond donors (Lipinski definition) is 0. The number of methoxy groups -OCH3 is 1. The van der Waals surface area contributed by atoms with E-state index in [1.807, 2.05) is 48.9 Å². The van der Waals surface area contributed by atoms with E-state index in [9.17, 15) is 4.79 Å². The van der Waals surface area contributed by atoms with Crippen LogP contribution in [0.15, 0.2) is 53.0 Å². The molecule has 0 aliphatic heterocycles. The Kier molecular flexibility index (Phi) is 6.81. The minimum Gasteiger partial charge on any atom is -0.496 e. The van der Waals surface area contributed by atoms with Gasteiger partial charge in [-0.15, -0.1) is 21.5 Å². The molecule has 0 amide bonds. The van der Waals surface area contributed by atoms with Crippen molar-refractivity contribution in [2.24, 2.45) is 7.05 Å². The lowest BCUT2D eigenvalue weighted by Crippen LogP contribution is -2.08. The second-order valence-electron chi connectivity index (χ2n) is 7.54. The van der Waals surface area contributed by atoms with Crippen LogP contribution < -0.4 is 4.74 Å². The van der Waals surface area contributed by atoms with Crippen molar-refractivity contribution in [3.63, 3.8) is 0 Å². The number of thiophene rings is 1. The number of carbonyl (C=O) groups is 1. The minimum atomic E-state index is 0.104. The topological polar surface area (TPSA) is 61.9 Å². The van der Waals surface area contributed by atoms with Crippen molar-refractivity contribution in [2.75, 3.05) is 12.9 Å². The Labute approximate surface area is 196 Å². The number of hydrogen-bond acceptors (Lipinski definition) is 6. The predicted molar refractivity (Wildman–Crippen MR) is 130 cm³/mol. The summed E-state index contributed by atoms with van der Waals surface area (Å²) in [5, 5.41) is 11.4. The van der Waals surface area contributed by atoms with Crippen molar-refractivity contribution in [1.29, 1.82) is 0 Å². The summed E-state index contributed by atoms with van der Waals surface area (Å²) in [5.74, 6) is 1.87. The molecule has 0 fully saturated rings. The molecule has 0 radical (unpaired) electrons. The molecule has 0 saturated carbocycles. The zero-order valence-corrected chi connectivity index (χ0v) is 20.3. The number of benzene rings is 1. The van der Waals surface area contributed by atoms with Gasteiger partial charge in [0, 0.05) is 35.4 Å². The monoisotopic (exact) mass is 466 g/mol. The average molecular weight is 467 g/mol. The summed E-state index contributed by atoms with van der Waals surface area (Å²) < 4.78 is 9.59. The normalized spacial score (nSPS) is 11.1. The zero-order chi connectivity index (χ0) is 22.7. The third-order valence-corrected chi connectivity index (χ3v) is 7.51. The number of nitrogens with zero attached hydrogens (tertiary/aromatic N) is 4. The smallest absolute Gasteiger partial charge is 0.191 e. The Bertz CT molecular complexity index is 1230. The van der Waals surface area contributed by atoms with Gasteiger partial charge in [-0.1, -0.05) is 30.0 Å². The molecule has 0 aliphatic rings. The first-order valence-corrected chi connectivity index (χ1v) is 12.2. The highest BCUT2D eigenvalue weighted by Gasteiger charge is 2.19. The number of carbonyl (C=O) groups excluding carboxylic acids is 1. The molecule has 4 aromatic rings. The van der Waals surface area contributed by atoms with Gasteiger partial charge >= 0.3 is 0 Å². The molecule has 3 aromatic heterocycles. The van der Waals surface area contributed by atoms with Crippen LogP contribution in [0.2, 0.25) is 0 Å². The lowest BCUT2D eigenvalue weighted by atomic mass is 10.2. The van der Waals surface area contributed by atoms with Crippen LogP contribution in [0.1, 0.15) is 26.6 Å². The van der Waals surface area contributed by atoms with Gasteiger partial charge in [0.15, 0.2) is 16.8 Å². The average Bonchev–Trinajstić information content (AvgIpc) is 3.51. The molecule has 0 bridgehead atoms. The van der Waals surface area contributed by atoms with Crippen molar-refractivity contribution in [2.45, 2.75) is 32.0 Å². The molecule has 1 aromatic carbocycles. The molecule has 4 rings (SSSR count). The second-order valence-corrected chi connectivity index (χ2v) is 9.52. The highest BCUT2D eigenvalue weighted by atomic mass is 32.2. The minimum absolute atomic E-state index is 0.104. The van der Waals surface area contributed by atoms with Crippen LogP contribution in [0.5, 0.6) is 5.75 Å². The van der Waals surface area contributed by atoms with Crippen LogP contribution >= 0.6 is 23.1 Å². The number of aromatic nitrogens is 4. The molecule has 0 unspecified atom stereocenters. The Morgan fingerprint density at radius 2 is 1.97 bits per heavy atom. The Morgan fingerprint density at radius 1 is 1.16 bits per heavy atom. The van der Waals surface area contributed by atoms with Crippen molar-refractivity contribution >= 4 is 28.9 Å². The number of thioether (sulfide) groups is 1. The molecule has 6 nitrogen and oxygen atoms in total. The number of aryl methyl sites for hydroxylation is 2. The fourth-order valence-electron chi connectivity index (χ4n) is 3.82. The molecule has 0 spiro atoms. The van der Waals surface area contributed by atoms with Gasteiger partial charge in [0.25, 0.3) is 0 Å². The third-order valence-electron chi connectivity index (χ3n) is 5.55.